The van der Waals surface area contributed by atoms with Crippen LogP contribution in [-0.2, 0) is 11.2 Å². The van der Waals surface area contributed by atoms with Crippen LogP contribution in [-0.4, -0.2) is 12.4 Å². The lowest BCUT2D eigenvalue weighted by Crippen LogP contribution is -2.01. The Balaban J connectivity index is 2.62. The number of Topliss-reactive ketones (excluding diaryl/α,β-unsaturated/α-hetero) is 1. The van der Waals surface area contributed by atoms with Crippen LogP contribution in [0.5, 0.6) is 5.75 Å². The normalized spacial score (nSPS) is 9.93. The fourth-order valence-corrected chi connectivity index (χ4v) is 1.41. The van der Waals surface area contributed by atoms with E-state index in [0.717, 1.165) is 17.7 Å². The number of rotatable bonds is 6. The Bertz CT molecular complexity index is 318. The van der Waals surface area contributed by atoms with Crippen LogP contribution in [0.2, 0.25) is 0 Å². The molecule has 1 aromatic rings. The van der Waals surface area contributed by atoms with E-state index < -0.39 is 0 Å². The van der Waals surface area contributed by atoms with Crippen LogP contribution in [0.15, 0.2) is 24.3 Å². The zero-order valence-electron chi connectivity index (χ0n) is 9.16. The molecule has 0 amide bonds. The highest BCUT2D eigenvalue weighted by Gasteiger charge is 2.05. The Morgan fingerprint density at radius 3 is 2.80 bits per heavy atom. The lowest BCUT2D eigenvalue weighted by Gasteiger charge is -2.07. The number of para-hydroxylation sites is 1. The van der Waals surface area contributed by atoms with E-state index in [0.29, 0.717) is 25.2 Å². The van der Waals surface area contributed by atoms with Gasteiger partial charge in [-0.25, -0.2) is 0 Å². The molecular weight excluding hydrogens is 188 g/mol. The molecule has 0 spiro atoms. The molecule has 0 N–H and O–H groups in total. The molecule has 0 aliphatic rings. The SMILES string of the molecule is [CH2+]COc1ccccc1CCC(=O)CC. The Morgan fingerprint density at radius 2 is 2.13 bits per heavy atom. The first kappa shape index (κ1) is 11.6. The first-order valence-electron chi connectivity index (χ1n) is 5.29. The molecule has 2 heteroatoms. The van der Waals surface area contributed by atoms with Gasteiger partial charge in [0.1, 0.15) is 18.5 Å². The number of ketones is 1. The zero-order valence-corrected chi connectivity index (χ0v) is 9.16. The molecule has 0 aromatic heterocycles. The van der Waals surface area contributed by atoms with Crippen LogP contribution in [0.1, 0.15) is 25.3 Å². The molecule has 0 aliphatic carbocycles. The summed E-state index contributed by atoms with van der Waals surface area (Å²) in [5, 5.41) is 0. The van der Waals surface area contributed by atoms with Gasteiger partial charge in [0.2, 0.25) is 6.61 Å². The lowest BCUT2D eigenvalue weighted by molar-refractivity contribution is -0.118. The monoisotopic (exact) mass is 205 g/mol. The smallest absolute Gasteiger partial charge is 0.224 e. The minimum Gasteiger partial charge on any atom is -0.453 e. The maximum atomic E-state index is 11.2. The second-order valence-corrected chi connectivity index (χ2v) is 3.35. The van der Waals surface area contributed by atoms with Gasteiger partial charge in [0.15, 0.2) is 0 Å². The Kier molecular flexibility index (Phi) is 4.75. The highest BCUT2D eigenvalue weighted by Crippen LogP contribution is 2.19. The predicted octanol–water partition coefficient (Wildman–Crippen LogP) is 2.81. The minimum atomic E-state index is 0.291. The zero-order chi connectivity index (χ0) is 11.1. The molecule has 1 aromatic carbocycles. The molecule has 1 rings (SSSR count). The van der Waals surface area contributed by atoms with Gasteiger partial charge in [-0.1, -0.05) is 25.1 Å². The van der Waals surface area contributed by atoms with E-state index in [1.54, 1.807) is 0 Å². The van der Waals surface area contributed by atoms with Gasteiger partial charge in [-0.2, -0.15) is 0 Å². The summed E-state index contributed by atoms with van der Waals surface area (Å²) < 4.78 is 5.38. The molecule has 2 nitrogen and oxygen atoms in total. The molecule has 0 unspecified atom stereocenters. The molecule has 0 heterocycles. The quantitative estimate of drug-likeness (QED) is 0.667. The van der Waals surface area contributed by atoms with Crippen molar-refractivity contribution < 1.29 is 9.53 Å². The van der Waals surface area contributed by atoms with Crippen molar-refractivity contribution in [2.45, 2.75) is 26.2 Å². The maximum absolute atomic E-state index is 11.2. The maximum Gasteiger partial charge on any atom is 0.224 e. The van der Waals surface area contributed by atoms with Crippen molar-refractivity contribution in [3.63, 3.8) is 0 Å². The van der Waals surface area contributed by atoms with Crippen LogP contribution in [0, 0.1) is 6.92 Å². The van der Waals surface area contributed by atoms with Crippen LogP contribution >= 0.6 is 0 Å². The third-order valence-corrected chi connectivity index (χ3v) is 2.30. The van der Waals surface area contributed by atoms with Gasteiger partial charge in [0.25, 0.3) is 0 Å². The second-order valence-electron chi connectivity index (χ2n) is 3.35. The molecule has 0 saturated carbocycles. The van der Waals surface area contributed by atoms with Gasteiger partial charge in [-0.05, 0) is 18.1 Å². The number of hydrogen-bond acceptors (Lipinski definition) is 2. The molecule has 0 atom stereocenters. The fraction of sp³-hybridized carbons (Fsp3) is 0.385. The average Bonchev–Trinajstić information content (AvgIpc) is 2.28. The van der Waals surface area contributed by atoms with Gasteiger partial charge < -0.3 is 4.74 Å². The van der Waals surface area contributed by atoms with Gasteiger partial charge in [0, 0.05) is 12.8 Å². The topological polar surface area (TPSA) is 26.3 Å². The van der Waals surface area contributed by atoms with Crippen molar-refractivity contribution >= 4 is 5.78 Å². The average molecular weight is 205 g/mol. The van der Waals surface area contributed by atoms with E-state index in [2.05, 4.69) is 6.92 Å². The number of aryl methyl sites for hydroxylation is 1. The fourth-order valence-electron chi connectivity index (χ4n) is 1.41. The molecule has 0 aliphatic heterocycles. The summed E-state index contributed by atoms with van der Waals surface area (Å²) in [7, 11) is 0. The van der Waals surface area contributed by atoms with Gasteiger partial charge in [-0.3, -0.25) is 4.79 Å². The summed E-state index contributed by atoms with van der Waals surface area (Å²) >= 11 is 0. The molecule has 0 bridgehead atoms. The Hall–Kier alpha value is -1.44. The first-order chi connectivity index (χ1) is 7.27. The van der Waals surface area contributed by atoms with E-state index in [-0.39, 0.29) is 0 Å². The minimum absolute atomic E-state index is 0.291. The summed E-state index contributed by atoms with van der Waals surface area (Å²) in [4.78, 5) is 11.2. The summed E-state index contributed by atoms with van der Waals surface area (Å²) in [6.07, 6.45) is 1.95. The van der Waals surface area contributed by atoms with Crippen LogP contribution in [0.3, 0.4) is 0 Å². The summed E-state index contributed by atoms with van der Waals surface area (Å²) in [5.74, 6) is 1.14. The van der Waals surface area contributed by atoms with Crippen molar-refractivity contribution in [3.05, 3.63) is 36.8 Å². The van der Waals surface area contributed by atoms with E-state index in [9.17, 15) is 4.79 Å². The van der Waals surface area contributed by atoms with Crippen molar-refractivity contribution in [1.82, 2.24) is 0 Å². The van der Waals surface area contributed by atoms with E-state index >= 15 is 0 Å². The number of carbonyl (C=O) groups is 1. The van der Waals surface area contributed by atoms with Gasteiger partial charge in [-0.15, -0.1) is 0 Å². The molecule has 0 saturated heterocycles. The molecule has 80 valence electrons. The van der Waals surface area contributed by atoms with E-state index in [1.165, 1.54) is 0 Å². The summed E-state index contributed by atoms with van der Waals surface area (Å²) in [6.45, 7) is 5.95. The summed E-state index contributed by atoms with van der Waals surface area (Å²) in [5.41, 5.74) is 1.09. The Labute approximate surface area is 91.3 Å². The van der Waals surface area contributed by atoms with E-state index in [1.807, 2.05) is 31.2 Å². The van der Waals surface area contributed by atoms with E-state index in [4.69, 9.17) is 4.74 Å². The largest absolute Gasteiger partial charge is 0.453 e. The van der Waals surface area contributed by atoms with Crippen molar-refractivity contribution in [2.75, 3.05) is 6.61 Å². The molecule has 15 heavy (non-hydrogen) atoms. The molecular formula is C13H17O2+. The number of hydrogen-bond donors (Lipinski definition) is 0. The standard InChI is InChI=1S/C13H17O2/c1-3-12(14)10-9-11-7-5-6-8-13(11)15-4-2/h5-8H,2-4,9-10H2,1H3/q+1. The van der Waals surface area contributed by atoms with Crippen LogP contribution in [0.4, 0.5) is 0 Å². The van der Waals surface area contributed by atoms with Crippen molar-refractivity contribution in [2.24, 2.45) is 0 Å². The third-order valence-electron chi connectivity index (χ3n) is 2.30. The highest BCUT2D eigenvalue weighted by molar-refractivity contribution is 5.78. The molecule has 0 radical (unpaired) electrons. The van der Waals surface area contributed by atoms with Crippen LogP contribution < -0.4 is 4.74 Å². The van der Waals surface area contributed by atoms with Crippen molar-refractivity contribution in [3.8, 4) is 5.75 Å². The summed E-state index contributed by atoms with van der Waals surface area (Å²) in [6, 6.07) is 7.79. The third kappa shape index (κ3) is 3.66. The number of ether oxygens (including phenoxy) is 1. The van der Waals surface area contributed by atoms with Gasteiger partial charge in [0.05, 0.1) is 0 Å². The van der Waals surface area contributed by atoms with Crippen molar-refractivity contribution in [1.29, 1.82) is 0 Å². The number of benzene rings is 1. The predicted molar refractivity (Wildman–Crippen MR) is 60.9 cm³/mol. The highest BCUT2D eigenvalue weighted by atomic mass is 16.5. The second kappa shape index (κ2) is 6.12. The van der Waals surface area contributed by atoms with Crippen LogP contribution in [0.25, 0.3) is 0 Å². The first-order valence-corrected chi connectivity index (χ1v) is 5.29. The molecule has 0 fully saturated rings. The number of carbonyl (C=O) groups excluding carboxylic acids is 1. The van der Waals surface area contributed by atoms with Gasteiger partial charge >= 0.3 is 0 Å². The Morgan fingerprint density at radius 1 is 1.40 bits per heavy atom. The lowest BCUT2D eigenvalue weighted by atomic mass is 10.1.